The van der Waals surface area contributed by atoms with Gasteiger partial charge in [0.05, 0.1) is 11.7 Å². The first-order chi connectivity index (χ1) is 7.81. The standard InChI is InChI=1S/C11H14F2O3S/c1-17(15,16)7-3-6-10(14)11-8(12)4-2-5-9(11)13/h2,4-5,10,14H,3,6-7H2,1H3. The highest BCUT2D eigenvalue weighted by atomic mass is 32.2. The third kappa shape index (κ3) is 4.40. The first-order valence-corrected chi connectivity index (χ1v) is 7.17. The van der Waals surface area contributed by atoms with Gasteiger partial charge in [0.1, 0.15) is 21.5 Å². The highest BCUT2D eigenvalue weighted by molar-refractivity contribution is 7.90. The van der Waals surface area contributed by atoms with Crippen LogP contribution in [-0.4, -0.2) is 25.5 Å². The van der Waals surface area contributed by atoms with Crippen LogP contribution in [0.5, 0.6) is 0 Å². The quantitative estimate of drug-likeness (QED) is 0.882. The van der Waals surface area contributed by atoms with Crippen molar-refractivity contribution in [3.8, 4) is 0 Å². The first-order valence-electron chi connectivity index (χ1n) is 5.11. The molecule has 0 aliphatic rings. The Labute approximate surface area is 99.0 Å². The lowest BCUT2D eigenvalue weighted by Gasteiger charge is -2.12. The molecule has 0 bridgehead atoms. The SMILES string of the molecule is CS(=O)(=O)CCCC(O)c1c(F)cccc1F. The minimum atomic E-state index is -3.12. The third-order valence-corrected chi connectivity index (χ3v) is 3.36. The molecule has 1 unspecified atom stereocenters. The fourth-order valence-corrected chi connectivity index (χ4v) is 2.20. The van der Waals surface area contributed by atoms with Crippen molar-refractivity contribution >= 4 is 9.84 Å². The summed E-state index contributed by atoms with van der Waals surface area (Å²) < 4.78 is 48.2. The minimum absolute atomic E-state index is 0.00488. The van der Waals surface area contributed by atoms with Crippen molar-refractivity contribution in [2.75, 3.05) is 12.0 Å². The molecule has 1 rings (SSSR count). The number of halogens is 2. The third-order valence-electron chi connectivity index (χ3n) is 2.33. The van der Waals surface area contributed by atoms with E-state index in [1.807, 2.05) is 0 Å². The molecular weight excluding hydrogens is 250 g/mol. The summed E-state index contributed by atoms with van der Waals surface area (Å²) in [5.41, 5.74) is -0.402. The van der Waals surface area contributed by atoms with Gasteiger partial charge in [-0.2, -0.15) is 0 Å². The van der Waals surface area contributed by atoms with Crippen molar-refractivity contribution in [3.05, 3.63) is 35.4 Å². The average molecular weight is 264 g/mol. The molecule has 0 aromatic heterocycles. The molecule has 1 N–H and O–H groups in total. The highest BCUT2D eigenvalue weighted by Crippen LogP contribution is 2.24. The molecule has 1 aromatic rings. The van der Waals surface area contributed by atoms with Gasteiger partial charge < -0.3 is 5.11 Å². The Morgan fingerprint density at radius 3 is 2.29 bits per heavy atom. The number of rotatable bonds is 5. The molecule has 0 saturated carbocycles. The molecule has 1 atom stereocenters. The minimum Gasteiger partial charge on any atom is -0.388 e. The zero-order valence-electron chi connectivity index (χ0n) is 9.36. The maximum absolute atomic E-state index is 13.2. The van der Waals surface area contributed by atoms with E-state index >= 15 is 0 Å². The van der Waals surface area contributed by atoms with Gasteiger partial charge in [-0.1, -0.05) is 6.07 Å². The molecule has 0 aliphatic heterocycles. The molecule has 3 nitrogen and oxygen atoms in total. The lowest BCUT2D eigenvalue weighted by molar-refractivity contribution is 0.157. The maximum Gasteiger partial charge on any atom is 0.147 e. The summed E-state index contributed by atoms with van der Waals surface area (Å²) in [6.45, 7) is 0. The summed E-state index contributed by atoms with van der Waals surface area (Å²) >= 11 is 0. The summed E-state index contributed by atoms with van der Waals surface area (Å²) in [6.07, 6.45) is -0.0835. The van der Waals surface area contributed by atoms with Crippen LogP contribution >= 0.6 is 0 Å². The molecule has 96 valence electrons. The smallest absolute Gasteiger partial charge is 0.147 e. The predicted octanol–water partition coefficient (Wildman–Crippen LogP) is 1.82. The van der Waals surface area contributed by atoms with Gasteiger partial charge in [-0.15, -0.1) is 0 Å². The summed E-state index contributed by atoms with van der Waals surface area (Å²) in [6, 6.07) is 3.31. The van der Waals surface area contributed by atoms with Gasteiger partial charge in [0, 0.05) is 12.0 Å². The molecule has 1 aromatic carbocycles. The molecule has 0 heterocycles. The van der Waals surface area contributed by atoms with Crippen molar-refractivity contribution in [2.24, 2.45) is 0 Å². The van der Waals surface area contributed by atoms with Crippen molar-refractivity contribution < 1.29 is 22.3 Å². The lowest BCUT2D eigenvalue weighted by Crippen LogP contribution is -2.08. The normalized spacial score (nSPS) is 13.6. The number of hydrogen-bond acceptors (Lipinski definition) is 3. The average Bonchev–Trinajstić information content (AvgIpc) is 2.15. The molecular formula is C11H14F2O3S. The molecule has 0 radical (unpaired) electrons. The second kappa shape index (κ2) is 5.55. The van der Waals surface area contributed by atoms with Gasteiger partial charge in [-0.05, 0) is 25.0 Å². The molecule has 17 heavy (non-hydrogen) atoms. The summed E-state index contributed by atoms with van der Waals surface area (Å²) in [7, 11) is -3.12. The Balaban J connectivity index is 2.67. The Bertz CT molecular complexity index is 465. The van der Waals surface area contributed by atoms with Crippen molar-refractivity contribution in [1.29, 1.82) is 0 Å². The number of aliphatic hydroxyl groups excluding tert-OH is 1. The summed E-state index contributed by atoms with van der Waals surface area (Å²) in [4.78, 5) is 0. The van der Waals surface area contributed by atoms with Crippen molar-refractivity contribution in [2.45, 2.75) is 18.9 Å². The van der Waals surface area contributed by atoms with Crippen molar-refractivity contribution in [3.63, 3.8) is 0 Å². The van der Waals surface area contributed by atoms with Gasteiger partial charge in [0.2, 0.25) is 0 Å². The van der Waals surface area contributed by atoms with E-state index in [0.717, 1.165) is 18.4 Å². The van der Waals surface area contributed by atoms with Gasteiger partial charge >= 0.3 is 0 Å². The molecule has 0 fully saturated rings. The number of benzene rings is 1. The van der Waals surface area contributed by atoms with E-state index in [1.54, 1.807) is 0 Å². The fraction of sp³-hybridized carbons (Fsp3) is 0.455. The van der Waals surface area contributed by atoms with Gasteiger partial charge in [-0.25, -0.2) is 17.2 Å². The van der Waals surface area contributed by atoms with Crippen LogP contribution in [0.3, 0.4) is 0 Å². The molecule has 0 aliphatic carbocycles. The van der Waals surface area contributed by atoms with E-state index < -0.39 is 33.1 Å². The monoisotopic (exact) mass is 264 g/mol. The Hall–Kier alpha value is -1.01. The van der Waals surface area contributed by atoms with E-state index in [4.69, 9.17) is 0 Å². The Morgan fingerprint density at radius 1 is 1.29 bits per heavy atom. The largest absolute Gasteiger partial charge is 0.388 e. The van der Waals surface area contributed by atoms with Crippen LogP contribution < -0.4 is 0 Å². The first kappa shape index (κ1) is 14.1. The number of sulfone groups is 1. The van der Waals surface area contributed by atoms with Crippen LogP contribution in [0.15, 0.2) is 18.2 Å². The van der Waals surface area contributed by atoms with E-state index in [2.05, 4.69) is 0 Å². The van der Waals surface area contributed by atoms with Crippen LogP contribution in [0.1, 0.15) is 24.5 Å². The van der Waals surface area contributed by atoms with E-state index in [0.29, 0.717) is 0 Å². The van der Waals surface area contributed by atoms with Crippen LogP contribution in [0, 0.1) is 11.6 Å². The van der Waals surface area contributed by atoms with E-state index in [1.165, 1.54) is 6.07 Å². The van der Waals surface area contributed by atoms with Gasteiger partial charge in [0.15, 0.2) is 0 Å². The molecule has 0 spiro atoms. The van der Waals surface area contributed by atoms with E-state index in [-0.39, 0.29) is 18.6 Å². The van der Waals surface area contributed by atoms with Crippen molar-refractivity contribution in [1.82, 2.24) is 0 Å². The lowest BCUT2D eigenvalue weighted by atomic mass is 10.0. The van der Waals surface area contributed by atoms with Gasteiger partial charge in [-0.3, -0.25) is 0 Å². The topological polar surface area (TPSA) is 54.4 Å². The molecule has 0 saturated heterocycles. The number of hydrogen-bond donors (Lipinski definition) is 1. The molecule has 0 amide bonds. The second-order valence-corrected chi connectivity index (χ2v) is 6.18. The van der Waals surface area contributed by atoms with Crippen LogP contribution in [0.25, 0.3) is 0 Å². The van der Waals surface area contributed by atoms with Gasteiger partial charge in [0.25, 0.3) is 0 Å². The Morgan fingerprint density at radius 2 is 1.82 bits per heavy atom. The van der Waals surface area contributed by atoms with Crippen LogP contribution in [0.2, 0.25) is 0 Å². The van der Waals surface area contributed by atoms with E-state index in [9.17, 15) is 22.3 Å². The fourth-order valence-electron chi connectivity index (χ4n) is 1.51. The second-order valence-electron chi connectivity index (χ2n) is 3.92. The molecule has 6 heteroatoms. The number of aliphatic hydroxyl groups is 1. The summed E-state index contributed by atoms with van der Waals surface area (Å²) in [5.74, 6) is -1.76. The predicted molar refractivity (Wildman–Crippen MR) is 60.3 cm³/mol. The van der Waals surface area contributed by atoms with Crippen LogP contribution in [0.4, 0.5) is 8.78 Å². The van der Waals surface area contributed by atoms with Crippen LogP contribution in [-0.2, 0) is 9.84 Å². The summed E-state index contributed by atoms with van der Waals surface area (Å²) in [5, 5.41) is 9.60. The highest BCUT2D eigenvalue weighted by Gasteiger charge is 2.17. The zero-order chi connectivity index (χ0) is 13.1. The Kier molecular flexibility index (Phi) is 4.59. The maximum atomic E-state index is 13.2. The zero-order valence-corrected chi connectivity index (χ0v) is 10.2.